The van der Waals surface area contributed by atoms with Crippen LogP contribution in [0.4, 0.5) is 20.2 Å². The lowest BCUT2D eigenvalue weighted by atomic mass is 10.2. The van der Waals surface area contributed by atoms with E-state index in [4.69, 9.17) is 10.8 Å². The van der Waals surface area contributed by atoms with Crippen molar-refractivity contribution >= 4 is 17.3 Å². The van der Waals surface area contributed by atoms with Crippen molar-refractivity contribution in [2.24, 2.45) is 0 Å². The molecule has 0 aliphatic heterocycles. The Morgan fingerprint density at radius 2 is 1.93 bits per heavy atom. The molecule has 1 aromatic carbocycles. The molecule has 0 amide bonds. The molecule has 1 aromatic rings. The summed E-state index contributed by atoms with van der Waals surface area (Å²) in [5, 5.41) is 10.4. The highest BCUT2D eigenvalue weighted by Gasteiger charge is 2.10. The van der Waals surface area contributed by atoms with Crippen LogP contribution in [-0.2, 0) is 4.79 Å². The van der Waals surface area contributed by atoms with E-state index in [2.05, 4.69) is 5.32 Å². The van der Waals surface area contributed by atoms with Crippen molar-refractivity contribution in [3.8, 4) is 0 Å². The molecule has 0 fully saturated rings. The van der Waals surface area contributed by atoms with Crippen LogP contribution in [-0.4, -0.2) is 17.6 Å². The van der Waals surface area contributed by atoms with Gasteiger partial charge in [0.1, 0.15) is 12.2 Å². The van der Waals surface area contributed by atoms with Crippen LogP contribution < -0.4 is 11.1 Å². The maximum Gasteiger partial charge on any atom is 0.322 e. The Labute approximate surface area is 78.3 Å². The van der Waals surface area contributed by atoms with Gasteiger partial charge in [-0.15, -0.1) is 0 Å². The van der Waals surface area contributed by atoms with Crippen LogP contribution in [0, 0.1) is 11.6 Å². The molecule has 0 aliphatic carbocycles. The first kappa shape index (κ1) is 10.2. The second-order valence-electron chi connectivity index (χ2n) is 2.61. The molecule has 1 rings (SSSR count). The first-order valence-electron chi connectivity index (χ1n) is 3.71. The number of carboxylic acid groups (broad SMARTS) is 1. The van der Waals surface area contributed by atoms with Gasteiger partial charge in [-0.05, 0) is 12.1 Å². The summed E-state index contributed by atoms with van der Waals surface area (Å²) in [6.07, 6.45) is 0. The van der Waals surface area contributed by atoms with E-state index in [-0.39, 0.29) is 5.69 Å². The zero-order valence-electron chi connectivity index (χ0n) is 7.05. The Morgan fingerprint density at radius 3 is 2.36 bits per heavy atom. The van der Waals surface area contributed by atoms with E-state index < -0.39 is 29.8 Å². The lowest BCUT2D eigenvalue weighted by molar-refractivity contribution is -0.134. The van der Waals surface area contributed by atoms with Crippen molar-refractivity contribution in [1.82, 2.24) is 0 Å². The van der Waals surface area contributed by atoms with Crippen LogP contribution >= 0.6 is 0 Å². The lowest BCUT2D eigenvalue weighted by Gasteiger charge is -2.06. The highest BCUT2D eigenvalue weighted by molar-refractivity contribution is 5.73. The van der Waals surface area contributed by atoms with Crippen molar-refractivity contribution in [2.75, 3.05) is 17.6 Å². The minimum absolute atomic E-state index is 0.0547. The molecule has 0 unspecified atom stereocenters. The molecule has 0 bridgehead atoms. The van der Waals surface area contributed by atoms with E-state index in [1.54, 1.807) is 0 Å². The van der Waals surface area contributed by atoms with Crippen molar-refractivity contribution in [3.05, 3.63) is 23.8 Å². The molecular weight excluding hydrogens is 194 g/mol. The van der Waals surface area contributed by atoms with Gasteiger partial charge in [0, 0.05) is 5.69 Å². The van der Waals surface area contributed by atoms with Crippen LogP contribution in [0.25, 0.3) is 0 Å². The summed E-state index contributed by atoms with van der Waals surface area (Å²) in [5.74, 6) is -3.03. The van der Waals surface area contributed by atoms with Gasteiger partial charge in [0.25, 0.3) is 0 Å². The van der Waals surface area contributed by atoms with E-state index in [0.717, 1.165) is 12.1 Å². The number of rotatable bonds is 3. The third-order valence-corrected chi connectivity index (χ3v) is 1.48. The number of nitrogens with one attached hydrogen (secondary N) is 1. The van der Waals surface area contributed by atoms with Gasteiger partial charge in [0.2, 0.25) is 0 Å². The third-order valence-electron chi connectivity index (χ3n) is 1.48. The van der Waals surface area contributed by atoms with Gasteiger partial charge in [0.15, 0.2) is 11.6 Å². The van der Waals surface area contributed by atoms with Crippen LogP contribution in [0.3, 0.4) is 0 Å². The molecule has 0 atom stereocenters. The number of benzene rings is 1. The number of halogens is 2. The molecular formula is C8H8F2N2O2. The highest BCUT2D eigenvalue weighted by Crippen LogP contribution is 2.21. The summed E-state index contributed by atoms with van der Waals surface area (Å²) >= 11 is 0. The number of carboxylic acids is 1. The van der Waals surface area contributed by atoms with Gasteiger partial charge in [-0.1, -0.05) is 0 Å². The fourth-order valence-electron chi connectivity index (χ4n) is 0.926. The number of carbonyl (C=O) groups is 1. The van der Waals surface area contributed by atoms with E-state index in [1.807, 2.05) is 0 Å². The number of hydrogen-bond donors (Lipinski definition) is 3. The SMILES string of the molecule is Nc1cc(F)c(NCC(=O)O)c(F)c1. The predicted molar refractivity (Wildman–Crippen MR) is 46.9 cm³/mol. The monoisotopic (exact) mass is 202 g/mol. The van der Waals surface area contributed by atoms with Crippen LogP contribution in [0.15, 0.2) is 12.1 Å². The average Bonchev–Trinajstić information content (AvgIpc) is 2.01. The van der Waals surface area contributed by atoms with E-state index in [1.165, 1.54) is 0 Å². The quantitative estimate of drug-likeness (QED) is 0.640. The zero-order valence-corrected chi connectivity index (χ0v) is 7.05. The summed E-state index contributed by atoms with van der Waals surface area (Å²) in [7, 11) is 0. The Morgan fingerprint density at radius 1 is 1.43 bits per heavy atom. The number of hydrogen-bond acceptors (Lipinski definition) is 3. The van der Waals surface area contributed by atoms with Crippen LogP contribution in [0.2, 0.25) is 0 Å². The zero-order chi connectivity index (χ0) is 10.7. The molecule has 6 heteroatoms. The normalized spacial score (nSPS) is 9.86. The average molecular weight is 202 g/mol. The fourth-order valence-corrected chi connectivity index (χ4v) is 0.926. The molecule has 0 heterocycles. The number of nitrogens with two attached hydrogens (primary N) is 1. The molecule has 0 aliphatic rings. The molecule has 0 saturated carbocycles. The molecule has 0 radical (unpaired) electrons. The van der Waals surface area contributed by atoms with Gasteiger partial charge >= 0.3 is 5.97 Å². The van der Waals surface area contributed by atoms with Crippen molar-refractivity contribution in [2.45, 2.75) is 0 Å². The molecule has 4 N–H and O–H groups in total. The summed E-state index contributed by atoms with van der Waals surface area (Å²) in [5.41, 5.74) is 4.62. The summed E-state index contributed by atoms with van der Waals surface area (Å²) in [6.45, 7) is -0.558. The first-order chi connectivity index (χ1) is 6.50. The van der Waals surface area contributed by atoms with Gasteiger partial charge < -0.3 is 16.2 Å². The topological polar surface area (TPSA) is 75.3 Å². The standard InChI is InChI=1S/C8H8F2N2O2/c9-5-1-4(11)2-6(10)8(5)12-3-7(13)14/h1-2,12H,3,11H2,(H,13,14). The van der Waals surface area contributed by atoms with E-state index >= 15 is 0 Å². The highest BCUT2D eigenvalue weighted by atomic mass is 19.1. The Balaban J connectivity index is 2.91. The van der Waals surface area contributed by atoms with Gasteiger partial charge in [0.05, 0.1) is 0 Å². The van der Waals surface area contributed by atoms with Crippen molar-refractivity contribution in [3.63, 3.8) is 0 Å². The molecule has 76 valence electrons. The summed E-state index contributed by atoms with van der Waals surface area (Å²) in [6, 6.07) is 1.82. The summed E-state index contributed by atoms with van der Waals surface area (Å²) < 4.78 is 26.0. The maximum absolute atomic E-state index is 13.0. The maximum atomic E-state index is 13.0. The lowest BCUT2D eigenvalue weighted by Crippen LogP contribution is -2.14. The second-order valence-corrected chi connectivity index (χ2v) is 2.61. The molecule has 14 heavy (non-hydrogen) atoms. The first-order valence-corrected chi connectivity index (χ1v) is 3.71. The largest absolute Gasteiger partial charge is 0.480 e. The minimum Gasteiger partial charge on any atom is -0.480 e. The molecule has 0 spiro atoms. The molecule has 0 saturated heterocycles. The third kappa shape index (κ3) is 2.32. The number of aliphatic carboxylic acids is 1. The fraction of sp³-hybridized carbons (Fsp3) is 0.125. The second kappa shape index (κ2) is 3.91. The molecule has 0 aromatic heterocycles. The van der Waals surface area contributed by atoms with Crippen molar-refractivity contribution < 1.29 is 18.7 Å². The Bertz CT molecular complexity index is 345. The number of anilines is 2. The smallest absolute Gasteiger partial charge is 0.322 e. The van der Waals surface area contributed by atoms with E-state index in [9.17, 15) is 13.6 Å². The van der Waals surface area contributed by atoms with Crippen LogP contribution in [0.1, 0.15) is 0 Å². The summed E-state index contributed by atoms with van der Waals surface area (Å²) in [4.78, 5) is 10.1. The van der Waals surface area contributed by atoms with Gasteiger partial charge in [-0.2, -0.15) is 0 Å². The van der Waals surface area contributed by atoms with Crippen molar-refractivity contribution in [1.29, 1.82) is 0 Å². The predicted octanol–water partition coefficient (Wildman–Crippen LogP) is 1.04. The number of nitrogen functional groups attached to an aromatic ring is 1. The van der Waals surface area contributed by atoms with Crippen LogP contribution in [0.5, 0.6) is 0 Å². The van der Waals surface area contributed by atoms with E-state index in [0.29, 0.717) is 0 Å². The van der Waals surface area contributed by atoms with Gasteiger partial charge in [-0.25, -0.2) is 8.78 Å². The Hall–Kier alpha value is -1.85. The Kier molecular flexibility index (Phi) is 2.85. The molecule has 4 nitrogen and oxygen atoms in total. The van der Waals surface area contributed by atoms with Gasteiger partial charge in [-0.3, -0.25) is 4.79 Å². The minimum atomic E-state index is -1.21.